The highest BCUT2D eigenvalue weighted by Crippen LogP contribution is 2.34. The van der Waals surface area contributed by atoms with Crippen LogP contribution in [0.4, 0.5) is 0 Å². The lowest BCUT2D eigenvalue weighted by atomic mass is 10.0. The average Bonchev–Trinajstić information content (AvgIpc) is 2.58. The normalized spacial score (nSPS) is 12.7. The van der Waals surface area contributed by atoms with Crippen molar-refractivity contribution in [3.63, 3.8) is 0 Å². The number of hydrogen-bond donors (Lipinski definition) is 1. The smallest absolute Gasteiger partial charge is 0.0937 e. The van der Waals surface area contributed by atoms with Gasteiger partial charge in [0.1, 0.15) is 0 Å². The van der Waals surface area contributed by atoms with Crippen molar-refractivity contribution in [1.82, 2.24) is 0 Å². The van der Waals surface area contributed by atoms with Crippen molar-refractivity contribution >= 4 is 22.9 Å². The molecule has 1 heterocycles. The Balaban J connectivity index is 2.21. The monoisotopic (exact) mass is 280 g/mol. The number of rotatable bonds is 3. The quantitative estimate of drug-likeness (QED) is 0.871. The Hall–Kier alpha value is -0.830. The van der Waals surface area contributed by atoms with Gasteiger partial charge in [0.05, 0.1) is 16.0 Å². The fourth-order valence-electron chi connectivity index (χ4n) is 2.18. The standard InChI is InChI=1S/C15H17ClOS/c1-9-4-10(2)6-12(5-9)7-13(17)15-14(16)11(3)8-18-15/h4-6,8,13,17H,7H2,1-3H3. The number of aliphatic hydroxyl groups excluding tert-OH is 1. The maximum Gasteiger partial charge on any atom is 0.0937 e. The van der Waals surface area contributed by atoms with Gasteiger partial charge in [0.15, 0.2) is 0 Å². The maximum absolute atomic E-state index is 10.3. The molecule has 0 bridgehead atoms. The molecule has 1 unspecified atom stereocenters. The molecule has 3 heteroatoms. The molecule has 96 valence electrons. The van der Waals surface area contributed by atoms with Crippen LogP contribution >= 0.6 is 22.9 Å². The first-order valence-corrected chi connectivity index (χ1v) is 7.22. The predicted molar refractivity (Wildman–Crippen MR) is 78.6 cm³/mol. The molecular formula is C15H17ClOS. The first-order chi connectivity index (χ1) is 8.47. The fraction of sp³-hybridized carbons (Fsp3) is 0.333. The molecule has 1 N–H and O–H groups in total. The van der Waals surface area contributed by atoms with Crippen molar-refractivity contribution in [3.05, 3.63) is 55.7 Å². The summed E-state index contributed by atoms with van der Waals surface area (Å²) in [5, 5.41) is 13.0. The average molecular weight is 281 g/mol. The minimum absolute atomic E-state index is 0.516. The fourth-order valence-corrected chi connectivity index (χ4v) is 3.48. The van der Waals surface area contributed by atoms with E-state index in [2.05, 4.69) is 32.0 Å². The predicted octanol–water partition coefficient (Wildman–Crippen LogP) is 4.60. The van der Waals surface area contributed by atoms with Gasteiger partial charge in [-0.15, -0.1) is 11.3 Å². The third-order valence-corrected chi connectivity index (χ3v) is 4.75. The minimum atomic E-state index is -0.516. The van der Waals surface area contributed by atoms with E-state index in [1.54, 1.807) is 0 Å². The van der Waals surface area contributed by atoms with Gasteiger partial charge in [-0.2, -0.15) is 0 Å². The molecule has 18 heavy (non-hydrogen) atoms. The van der Waals surface area contributed by atoms with Gasteiger partial charge in [-0.05, 0) is 37.3 Å². The van der Waals surface area contributed by atoms with Crippen molar-refractivity contribution in [2.45, 2.75) is 33.3 Å². The van der Waals surface area contributed by atoms with Crippen LogP contribution in [-0.4, -0.2) is 5.11 Å². The number of thiophene rings is 1. The van der Waals surface area contributed by atoms with Crippen molar-refractivity contribution in [1.29, 1.82) is 0 Å². The first-order valence-electron chi connectivity index (χ1n) is 5.96. The van der Waals surface area contributed by atoms with Crippen LogP contribution in [0.3, 0.4) is 0 Å². The van der Waals surface area contributed by atoms with E-state index < -0.39 is 6.10 Å². The number of halogens is 1. The molecule has 0 radical (unpaired) electrons. The number of hydrogen-bond acceptors (Lipinski definition) is 2. The van der Waals surface area contributed by atoms with Crippen LogP contribution in [-0.2, 0) is 6.42 Å². The van der Waals surface area contributed by atoms with Gasteiger partial charge in [0.2, 0.25) is 0 Å². The second kappa shape index (κ2) is 5.43. The number of benzene rings is 1. The van der Waals surface area contributed by atoms with Crippen molar-refractivity contribution in [2.75, 3.05) is 0 Å². The van der Waals surface area contributed by atoms with Gasteiger partial charge in [-0.1, -0.05) is 40.9 Å². The summed E-state index contributed by atoms with van der Waals surface area (Å²) in [5.41, 5.74) is 4.65. The van der Waals surface area contributed by atoms with E-state index in [0.717, 1.165) is 16.0 Å². The summed E-state index contributed by atoms with van der Waals surface area (Å²) in [6.07, 6.45) is 0.0970. The molecule has 0 spiro atoms. The molecule has 0 aliphatic heterocycles. The zero-order chi connectivity index (χ0) is 13.3. The van der Waals surface area contributed by atoms with Crippen LogP contribution in [0.25, 0.3) is 0 Å². The largest absolute Gasteiger partial charge is 0.387 e. The molecule has 0 fully saturated rings. The summed E-state index contributed by atoms with van der Waals surface area (Å²) in [5.74, 6) is 0. The molecule has 2 rings (SSSR count). The summed E-state index contributed by atoms with van der Waals surface area (Å²) in [6, 6.07) is 6.37. The van der Waals surface area contributed by atoms with Crippen molar-refractivity contribution in [2.24, 2.45) is 0 Å². The van der Waals surface area contributed by atoms with Crippen LogP contribution < -0.4 is 0 Å². The Bertz CT molecular complexity index is 539. The Kier molecular flexibility index (Phi) is 4.10. The van der Waals surface area contributed by atoms with Gasteiger partial charge in [-0.25, -0.2) is 0 Å². The van der Waals surface area contributed by atoms with Gasteiger partial charge >= 0.3 is 0 Å². The van der Waals surface area contributed by atoms with Gasteiger partial charge < -0.3 is 5.11 Å². The second-order valence-electron chi connectivity index (χ2n) is 4.81. The molecule has 0 amide bonds. The van der Waals surface area contributed by atoms with E-state index in [4.69, 9.17) is 11.6 Å². The molecule has 1 atom stereocenters. The van der Waals surface area contributed by atoms with Gasteiger partial charge in [0.25, 0.3) is 0 Å². The van der Waals surface area contributed by atoms with Gasteiger partial charge in [0, 0.05) is 6.42 Å². The Morgan fingerprint density at radius 1 is 1.17 bits per heavy atom. The maximum atomic E-state index is 10.3. The second-order valence-corrected chi connectivity index (χ2v) is 6.10. The van der Waals surface area contributed by atoms with E-state index in [9.17, 15) is 5.11 Å². The third kappa shape index (κ3) is 2.94. The molecule has 0 aliphatic carbocycles. The Labute approximate surface area is 117 Å². The number of aryl methyl sites for hydroxylation is 3. The third-order valence-electron chi connectivity index (χ3n) is 2.94. The summed E-state index contributed by atoms with van der Waals surface area (Å²) in [7, 11) is 0. The zero-order valence-corrected chi connectivity index (χ0v) is 12.4. The zero-order valence-electron chi connectivity index (χ0n) is 10.8. The Morgan fingerprint density at radius 3 is 2.28 bits per heavy atom. The van der Waals surface area contributed by atoms with E-state index in [0.29, 0.717) is 11.4 Å². The lowest BCUT2D eigenvalue weighted by Gasteiger charge is -2.11. The summed E-state index contributed by atoms with van der Waals surface area (Å²) in [4.78, 5) is 0.869. The molecule has 1 aromatic carbocycles. The van der Waals surface area contributed by atoms with Crippen LogP contribution in [0.5, 0.6) is 0 Å². The summed E-state index contributed by atoms with van der Waals surface area (Å²) in [6.45, 7) is 6.11. The first kappa shape index (κ1) is 13.6. The lowest BCUT2D eigenvalue weighted by molar-refractivity contribution is 0.182. The molecule has 2 aromatic rings. The highest BCUT2D eigenvalue weighted by atomic mass is 35.5. The van der Waals surface area contributed by atoms with Crippen molar-refractivity contribution < 1.29 is 5.11 Å². The van der Waals surface area contributed by atoms with Gasteiger partial charge in [-0.3, -0.25) is 0 Å². The van der Waals surface area contributed by atoms with Crippen LogP contribution in [0.1, 0.15) is 33.2 Å². The summed E-state index contributed by atoms with van der Waals surface area (Å²) < 4.78 is 0. The molecule has 0 saturated heterocycles. The van der Waals surface area contributed by atoms with E-state index >= 15 is 0 Å². The SMILES string of the molecule is Cc1cc(C)cc(CC(O)c2scc(C)c2Cl)c1. The Morgan fingerprint density at radius 2 is 1.78 bits per heavy atom. The molecule has 0 aliphatic rings. The van der Waals surface area contributed by atoms with Crippen LogP contribution in [0.2, 0.25) is 5.02 Å². The highest BCUT2D eigenvalue weighted by molar-refractivity contribution is 7.10. The molecule has 1 aromatic heterocycles. The highest BCUT2D eigenvalue weighted by Gasteiger charge is 2.16. The lowest BCUT2D eigenvalue weighted by Crippen LogP contribution is -2.01. The van der Waals surface area contributed by atoms with E-state index in [1.807, 2.05) is 12.3 Å². The van der Waals surface area contributed by atoms with Crippen molar-refractivity contribution in [3.8, 4) is 0 Å². The van der Waals surface area contributed by atoms with Crippen LogP contribution in [0.15, 0.2) is 23.6 Å². The van der Waals surface area contributed by atoms with Crippen LogP contribution in [0, 0.1) is 20.8 Å². The minimum Gasteiger partial charge on any atom is -0.387 e. The van der Waals surface area contributed by atoms with E-state index in [-0.39, 0.29) is 0 Å². The summed E-state index contributed by atoms with van der Waals surface area (Å²) >= 11 is 7.71. The topological polar surface area (TPSA) is 20.2 Å². The molecule has 0 saturated carbocycles. The van der Waals surface area contributed by atoms with E-state index in [1.165, 1.54) is 22.5 Å². The molecule has 1 nitrogen and oxygen atoms in total. The molecular weight excluding hydrogens is 264 g/mol. The number of aliphatic hydroxyl groups is 1.